The van der Waals surface area contributed by atoms with Gasteiger partial charge in [0.1, 0.15) is 0 Å². The molecule has 0 saturated heterocycles. The molecule has 2 aromatic rings. The second kappa shape index (κ2) is 8.86. The first-order valence-electron chi connectivity index (χ1n) is 8.67. The van der Waals surface area contributed by atoms with Crippen molar-refractivity contribution in [3.63, 3.8) is 0 Å². The van der Waals surface area contributed by atoms with Crippen LogP contribution < -0.4 is 10.6 Å². The first-order valence-corrected chi connectivity index (χ1v) is 9.21. The molecule has 0 unspecified atom stereocenters. The van der Waals surface area contributed by atoms with Crippen molar-refractivity contribution >= 4 is 34.8 Å². The van der Waals surface area contributed by atoms with Crippen LogP contribution in [0.15, 0.2) is 48.5 Å². The zero-order valence-corrected chi connectivity index (χ0v) is 16.2. The van der Waals surface area contributed by atoms with Gasteiger partial charge in [-0.25, -0.2) is 0 Å². The molecule has 0 fully saturated rings. The highest BCUT2D eigenvalue weighted by atomic mass is 35.5. The van der Waals surface area contributed by atoms with Gasteiger partial charge in [-0.3, -0.25) is 9.59 Å². The Bertz CT molecular complexity index is 764. The van der Waals surface area contributed by atoms with Crippen molar-refractivity contribution in [2.45, 2.75) is 39.0 Å². The number of carbonyl (C=O) groups excluding carboxylic acids is 2. The van der Waals surface area contributed by atoms with Crippen LogP contribution in [0.1, 0.15) is 49.5 Å². The molecule has 2 amide bonds. The van der Waals surface area contributed by atoms with E-state index in [0.717, 1.165) is 0 Å². The van der Waals surface area contributed by atoms with Crippen LogP contribution in [-0.4, -0.2) is 17.7 Å². The molecule has 0 saturated carbocycles. The first kappa shape index (κ1) is 20.0. The molecule has 26 heavy (non-hydrogen) atoms. The van der Waals surface area contributed by atoms with E-state index in [9.17, 15) is 9.59 Å². The molecule has 138 valence electrons. The van der Waals surface area contributed by atoms with Gasteiger partial charge in [-0.2, -0.15) is 0 Å². The fourth-order valence-corrected chi connectivity index (χ4v) is 2.58. The monoisotopic (exact) mass is 372 g/mol. The van der Waals surface area contributed by atoms with Crippen molar-refractivity contribution in [3.05, 3.63) is 59.7 Å². The van der Waals surface area contributed by atoms with Gasteiger partial charge in [0.05, 0.1) is 0 Å². The number of nitrogens with one attached hydrogen (secondary N) is 2. The van der Waals surface area contributed by atoms with E-state index in [2.05, 4.69) is 31.4 Å². The number of halogens is 1. The van der Waals surface area contributed by atoms with Gasteiger partial charge in [0.15, 0.2) is 0 Å². The van der Waals surface area contributed by atoms with E-state index < -0.39 is 0 Å². The topological polar surface area (TPSA) is 58.2 Å². The van der Waals surface area contributed by atoms with E-state index in [1.54, 1.807) is 24.3 Å². The summed E-state index contributed by atoms with van der Waals surface area (Å²) in [5, 5.41) is 5.67. The number of rotatable bonds is 6. The van der Waals surface area contributed by atoms with Crippen molar-refractivity contribution in [2.75, 3.05) is 16.5 Å². The Morgan fingerprint density at radius 1 is 0.962 bits per heavy atom. The minimum absolute atomic E-state index is 0.0466. The fourth-order valence-electron chi connectivity index (χ4n) is 2.45. The van der Waals surface area contributed by atoms with Crippen molar-refractivity contribution in [1.82, 2.24) is 0 Å². The molecular formula is C21H25ClN2O2. The standard InChI is InChI=1S/C21H25ClN2O2/c1-21(2,3)16-11-9-15(10-12-16)20(26)24-18-7-4-6-17(14-18)23-19(25)8-5-13-22/h4,6-7,9-12,14H,5,8,13H2,1-3H3,(H,23,25)(H,24,26). The summed E-state index contributed by atoms with van der Waals surface area (Å²) in [5.41, 5.74) is 3.09. The third-order valence-electron chi connectivity index (χ3n) is 3.95. The zero-order chi connectivity index (χ0) is 19.2. The van der Waals surface area contributed by atoms with E-state index in [-0.39, 0.29) is 17.2 Å². The minimum Gasteiger partial charge on any atom is -0.326 e. The largest absolute Gasteiger partial charge is 0.326 e. The second-order valence-electron chi connectivity index (χ2n) is 7.20. The Balaban J connectivity index is 2.03. The van der Waals surface area contributed by atoms with Crippen LogP contribution in [0.3, 0.4) is 0 Å². The van der Waals surface area contributed by atoms with E-state index in [4.69, 9.17) is 11.6 Å². The minimum atomic E-state index is -0.184. The highest BCUT2D eigenvalue weighted by Gasteiger charge is 2.14. The van der Waals surface area contributed by atoms with Gasteiger partial charge < -0.3 is 10.6 Å². The Morgan fingerprint density at radius 2 is 1.58 bits per heavy atom. The molecular weight excluding hydrogens is 348 g/mol. The Morgan fingerprint density at radius 3 is 2.15 bits per heavy atom. The molecule has 5 heteroatoms. The quantitative estimate of drug-likeness (QED) is 0.685. The summed E-state index contributed by atoms with van der Waals surface area (Å²) in [5.74, 6) is 0.181. The predicted octanol–water partition coefficient (Wildman–Crippen LogP) is 5.19. The molecule has 0 radical (unpaired) electrons. The molecule has 0 aromatic heterocycles. The van der Waals surface area contributed by atoms with Crippen LogP contribution in [0.5, 0.6) is 0 Å². The number of benzene rings is 2. The van der Waals surface area contributed by atoms with Gasteiger partial charge in [0.25, 0.3) is 5.91 Å². The number of alkyl halides is 1. The third-order valence-corrected chi connectivity index (χ3v) is 4.22. The lowest BCUT2D eigenvalue weighted by Crippen LogP contribution is -2.15. The molecule has 0 spiro atoms. The van der Waals surface area contributed by atoms with Crippen LogP contribution in [0.25, 0.3) is 0 Å². The van der Waals surface area contributed by atoms with Crippen LogP contribution in [0, 0.1) is 0 Å². The molecule has 2 rings (SSSR count). The summed E-state index contributed by atoms with van der Waals surface area (Å²) in [4.78, 5) is 24.2. The van der Waals surface area contributed by atoms with Crippen molar-refractivity contribution in [1.29, 1.82) is 0 Å². The molecule has 0 heterocycles. The van der Waals surface area contributed by atoms with Gasteiger partial charge in [-0.15, -0.1) is 11.6 Å². The lowest BCUT2D eigenvalue weighted by Gasteiger charge is -2.19. The number of hydrogen-bond donors (Lipinski definition) is 2. The summed E-state index contributed by atoms with van der Waals surface area (Å²) in [6, 6.07) is 14.7. The Hall–Kier alpha value is -2.33. The SMILES string of the molecule is CC(C)(C)c1ccc(C(=O)Nc2cccc(NC(=O)CCCCl)c2)cc1. The van der Waals surface area contributed by atoms with Gasteiger partial charge in [-0.1, -0.05) is 39.0 Å². The van der Waals surface area contributed by atoms with Crippen LogP contribution in [-0.2, 0) is 10.2 Å². The van der Waals surface area contributed by atoms with Crippen LogP contribution in [0.4, 0.5) is 11.4 Å². The van der Waals surface area contributed by atoms with Gasteiger partial charge >= 0.3 is 0 Å². The summed E-state index contributed by atoms with van der Waals surface area (Å²) < 4.78 is 0. The van der Waals surface area contributed by atoms with Crippen molar-refractivity contribution < 1.29 is 9.59 Å². The van der Waals surface area contributed by atoms with Crippen molar-refractivity contribution in [2.24, 2.45) is 0 Å². The lowest BCUT2D eigenvalue weighted by atomic mass is 9.87. The highest BCUT2D eigenvalue weighted by molar-refractivity contribution is 6.18. The average molecular weight is 373 g/mol. The molecule has 2 N–H and O–H groups in total. The van der Waals surface area contributed by atoms with Crippen LogP contribution in [0.2, 0.25) is 0 Å². The summed E-state index contributed by atoms with van der Waals surface area (Å²) >= 11 is 5.60. The number of hydrogen-bond acceptors (Lipinski definition) is 2. The summed E-state index contributed by atoms with van der Waals surface area (Å²) in [6.45, 7) is 6.40. The lowest BCUT2D eigenvalue weighted by molar-refractivity contribution is -0.116. The summed E-state index contributed by atoms with van der Waals surface area (Å²) in [7, 11) is 0. The van der Waals surface area contributed by atoms with Crippen LogP contribution >= 0.6 is 11.6 Å². The van der Waals surface area contributed by atoms with E-state index in [1.807, 2.05) is 24.3 Å². The maximum Gasteiger partial charge on any atom is 0.255 e. The zero-order valence-electron chi connectivity index (χ0n) is 15.4. The molecule has 2 aromatic carbocycles. The normalized spacial score (nSPS) is 11.1. The predicted molar refractivity (Wildman–Crippen MR) is 108 cm³/mol. The van der Waals surface area contributed by atoms with Gasteiger partial charge in [0.2, 0.25) is 5.91 Å². The number of amides is 2. The molecule has 0 bridgehead atoms. The smallest absolute Gasteiger partial charge is 0.255 e. The van der Waals surface area contributed by atoms with Gasteiger partial charge in [0, 0.05) is 29.2 Å². The van der Waals surface area contributed by atoms with Gasteiger partial charge in [-0.05, 0) is 47.7 Å². The highest BCUT2D eigenvalue weighted by Crippen LogP contribution is 2.23. The molecule has 4 nitrogen and oxygen atoms in total. The van der Waals surface area contributed by atoms with E-state index in [1.165, 1.54) is 5.56 Å². The molecule has 0 aliphatic carbocycles. The Kier molecular flexibility index (Phi) is 6.81. The Labute approximate surface area is 159 Å². The molecule has 0 aliphatic rings. The fraction of sp³-hybridized carbons (Fsp3) is 0.333. The van der Waals surface area contributed by atoms with Crippen molar-refractivity contribution in [3.8, 4) is 0 Å². The first-order chi connectivity index (χ1) is 12.3. The van der Waals surface area contributed by atoms with E-state index >= 15 is 0 Å². The van der Waals surface area contributed by atoms with E-state index in [0.29, 0.717) is 35.7 Å². The number of carbonyl (C=O) groups is 2. The molecule has 0 atom stereocenters. The number of anilines is 2. The maximum atomic E-state index is 12.4. The maximum absolute atomic E-state index is 12.4. The summed E-state index contributed by atoms with van der Waals surface area (Å²) in [6.07, 6.45) is 1.01. The second-order valence-corrected chi connectivity index (χ2v) is 7.58. The molecule has 0 aliphatic heterocycles. The third kappa shape index (κ3) is 5.88. The average Bonchev–Trinajstić information content (AvgIpc) is 2.59.